The first-order valence-electron chi connectivity index (χ1n) is 7.05. The molecular weight excluding hydrogens is 268 g/mol. The highest BCUT2D eigenvalue weighted by molar-refractivity contribution is 5.34. The van der Waals surface area contributed by atoms with Gasteiger partial charge in [0, 0.05) is 17.0 Å². The van der Waals surface area contributed by atoms with Crippen LogP contribution in [0.3, 0.4) is 0 Å². The minimum absolute atomic E-state index is 0.206. The van der Waals surface area contributed by atoms with Crippen molar-refractivity contribution in [3.63, 3.8) is 0 Å². The van der Waals surface area contributed by atoms with E-state index in [0.717, 1.165) is 11.1 Å². The number of rotatable bonds is 4. The molecule has 21 heavy (non-hydrogen) atoms. The number of likely N-dealkylation sites (N-methyl/N-ethyl adjacent to an activating group) is 1. The Morgan fingerprint density at radius 2 is 1.62 bits per heavy atom. The van der Waals surface area contributed by atoms with Gasteiger partial charge >= 0.3 is 0 Å². The van der Waals surface area contributed by atoms with E-state index < -0.39 is 0 Å². The number of aryl methyl sites for hydroxylation is 1. The minimum Gasteiger partial charge on any atom is -0.312 e. The largest absolute Gasteiger partial charge is 0.312 e. The van der Waals surface area contributed by atoms with Gasteiger partial charge in [-0.25, -0.2) is 8.78 Å². The smallest absolute Gasteiger partial charge is 0.128 e. The molecule has 0 bridgehead atoms. The molecule has 0 aliphatic carbocycles. The quantitative estimate of drug-likeness (QED) is 0.873. The van der Waals surface area contributed by atoms with E-state index in [1.165, 1.54) is 18.2 Å². The number of nitrogens with one attached hydrogen (secondary N) is 1. The third kappa shape index (κ3) is 3.13. The fourth-order valence-electron chi connectivity index (χ4n) is 2.84. The fraction of sp³-hybridized carbons (Fsp3) is 0.333. The third-order valence-corrected chi connectivity index (χ3v) is 4.06. The molecule has 0 saturated carbocycles. The van der Waals surface area contributed by atoms with Gasteiger partial charge in [-0.2, -0.15) is 0 Å². The van der Waals surface area contributed by atoms with Gasteiger partial charge in [0.15, 0.2) is 0 Å². The van der Waals surface area contributed by atoms with Crippen LogP contribution in [0.5, 0.6) is 0 Å². The normalized spacial score (nSPS) is 13.2. The second-order valence-corrected chi connectivity index (χ2v) is 5.98. The van der Waals surface area contributed by atoms with Crippen LogP contribution < -0.4 is 5.32 Å². The predicted molar refractivity (Wildman–Crippen MR) is 82.4 cm³/mol. The molecule has 1 nitrogen and oxygen atoms in total. The van der Waals surface area contributed by atoms with Crippen molar-refractivity contribution < 1.29 is 8.78 Å². The second kappa shape index (κ2) is 5.94. The van der Waals surface area contributed by atoms with Crippen molar-refractivity contribution in [3.8, 4) is 0 Å². The van der Waals surface area contributed by atoms with E-state index in [1.54, 1.807) is 18.2 Å². The molecule has 0 radical (unpaired) electrons. The summed E-state index contributed by atoms with van der Waals surface area (Å²) in [7, 11) is 1.82. The van der Waals surface area contributed by atoms with Crippen LogP contribution in [-0.2, 0) is 5.41 Å². The first kappa shape index (κ1) is 15.6. The van der Waals surface area contributed by atoms with Crippen molar-refractivity contribution >= 4 is 0 Å². The molecule has 0 aromatic heterocycles. The summed E-state index contributed by atoms with van der Waals surface area (Å²) in [5, 5.41) is 3.21. The van der Waals surface area contributed by atoms with Crippen molar-refractivity contribution in [1.82, 2.24) is 5.32 Å². The van der Waals surface area contributed by atoms with Crippen molar-refractivity contribution in [1.29, 1.82) is 0 Å². The van der Waals surface area contributed by atoms with Gasteiger partial charge in [-0.15, -0.1) is 0 Å². The van der Waals surface area contributed by atoms with Crippen LogP contribution in [-0.4, -0.2) is 7.05 Å². The molecule has 0 aliphatic heterocycles. The van der Waals surface area contributed by atoms with Crippen LogP contribution in [0, 0.1) is 18.6 Å². The van der Waals surface area contributed by atoms with Crippen LogP contribution in [0.1, 0.15) is 36.6 Å². The van der Waals surface area contributed by atoms with E-state index >= 15 is 0 Å². The Hall–Kier alpha value is -1.74. The van der Waals surface area contributed by atoms with Crippen molar-refractivity contribution in [2.24, 2.45) is 0 Å². The SMILES string of the molecule is CNC(c1cc(C)ccc1F)C(C)(C)c1ccc(F)cc1. The summed E-state index contributed by atoms with van der Waals surface area (Å²) in [6, 6.07) is 11.3. The van der Waals surface area contributed by atoms with Gasteiger partial charge in [0.05, 0.1) is 0 Å². The Balaban J connectivity index is 2.48. The molecule has 2 aromatic rings. The van der Waals surface area contributed by atoms with E-state index in [4.69, 9.17) is 0 Å². The standard InChI is InChI=1S/C18H21F2N/c1-12-5-10-16(20)15(11-12)17(21-4)18(2,3)13-6-8-14(19)9-7-13/h5-11,17,21H,1-4H3. The van der Waals surface area contributed by atoms with Gasteiger partial charge in [-0.3, -0.25) is 0 Å². The van der Waals surface area contributed by atoms with Gasteiger partial charge < -0.3 is 5.32 Å². The monoisotopic (exact) mass is 289 g/mol. The molecule has 1 atom stereocenters. The number of hydrogen-bond acceptors (Lipinski definition) is 1. The van der Waals surface area contributed by atoms with E-state index in [-0.39, 0.29) is 23.1 Å². The Bertz CT molecular complexity index is 618. The first-order valence-corrected chi connectivity index (χ1v) is 7.05. The highest BCUT2D eigenvalue weighted by Crippen LogP contribution is 2.37. The molecule has 0 fully saturated rings. The maximum absolute atomic E-state index is 14.2. The van der Waals surface area contributed by atoms with Crippen molar-refractivity contribution in [2.45, 2.75) is 32.2 Å². The van der Waals surface area contributed by atoms with Gasteiger partial charge in [0.2, 0.25) is 0 Å². The summed E-state index contributed by atoms with van der Waals surface area (Å²) >= 11 is 0. The number of benzene rings is 2. The molecular formula is C18H21F2N. The van der Waals surface area contributed by atoms with Gasteiger partial charge in [0.25, 0.3) is 0 Å². The molecule has 0 saturated heterocycles. The first-order chi connectivity index (χ1) is 9.86. The molecule has 2 aromatic carbocycles. The maximum atomic E-state index is 14.2. The maximum Gasteiger partial charge on any atom is 0.128 e. The molecule has 3 heteroatoms. The molecule has 1 unspecified atom stereocenters. The molecule has 0 heterocycles. The highest BCUT2D eigenvalue weighted by Gasteiger charge is 2.33. The zero-order valence-corrected chi connectivity index (χ0v) is 12.9. The van der Waals surface area contributed by atoms with Gasteiger partial charge in [0.1, 0.15) is 11.6 Å². The number of hydrogen-bond donors (Lipinski definition) is 1. The van der Waals surface area contributed by atoms with E-state index in [1.807, 2.05) is 33.9 Å². The Labute approximate surface area is 125 Å². The zero-order chi connectivity index (χ0) is 15.6. The Morgan fingerprint density at radius 3 is 2.19 bits per heavy atom. The third-order valence-electron chi connectivity index (χ3n) is 4.06. The van der Waals surface area contributed by atoms with E-state index in [9.17, 15) is 8.78 Å². The summed E-state index contributed by atoms with van der Waals surface area (Å²) < 4.78 is 27.3. The summed E-state index contributed by atoms with van der Waals surface area (Å²) in [6.07, 6.45) is 0. The van der Waals surface area contributed by atoms with Crippen LogP contribution >= 0.6 is 0 Å². The molecule has 2 rings (SSSR count). The van der Waals surface area contributed by atoms with Crippen LogP contribution in [0.2, 0.25) is 0 Å². The lowest BCUT2D eigenvalue weighted by molar-refractivity contribution is 0.357. The lowest BCUT2D eigenvalue weighted by Crippen LogP contribution is -2.36. The Kier molecular flexibility index (Phi) is 4.43. The summed E-state index contributed by atoms with van der Waals surface area (Å²) in [6.45, 7) is 6.01. The summed E-state index contributed by atoms with van der Waals surface area (Å²) in [5.41, 5.74) is 2.23. The molecule has 112 valence electrons. The average molecular weight is 289 g/mol. The van der Waals surface area contributed by atoms with Crippen molar-refractivity contribution in [2.75, 3.05) is 7.05 Å². The van der Waals surface area contributed by atoms with Crippen LogP contribution in [0.15, 0.2) is 42.5 Å². The van der Waals surface area contributed by atoms with Gasteiger partial charge in [-0.05, 0) is 37.7 Å². The summed E-state index contributed by atoms with van der Waals surface area (Å²) in [5.74, 6) is -0.493. The topological polar surface area (TPSA) is 12.0 Å². The van der Waals surface area contributed by atoms with Crippen LogP contribution in [0.4, 0.5) is 8.78 Å². The van der Waals surface area contributed by atoms with Crippen molar-refractivity contribution in [3.05, 3.63) is 70.8 Å². The lowest BCUT2D eigenvalue weighted by atomic mass is 9.74. The fourth-order valence-corrected chi connectivity index (χ4v) is 2.84. The minimum atomic E-state index is -0.378. The predicted octanol–water partition coefficient (Wildman–Crippen LogP) is 4.51. The van der Waals surface area contributed by atoms with E-state index in [0.29, 0.717) is 5.56 Å². The molecule has 1 N–H and O–H groups in total. The number of halogens is 2. The second-order valence-electron chi connectivity index (χ2n) is 5.98. The van der Waals surface area contributed by atoms with Gasteiger partial charge in [-0.1, -0.05) is 43.7 Å². The zero-order valence-electron chi connectivity index (χ0n) is 12.9. The summed E-state index contributed by atoms with van der Waals surface area (Å²) in [4.78, 5) is 0. The molecule has 0 aliphatic rings. The molecule has 0 amide bonds. The molecule has 0 spiro atoms. The Morgan fingerprint density at radius 1 is 1.00 bits per heavy atom. The van der Waals surface area contributed by atoms with Crippen LogP contribution in [0.25, 0.3) is 0 Å². The highest BCUT2D eigenvalue weighted by atomic mass is 19.1. The van der Waals surface area contributed by atoms with E-state index in [2.05, 4.69) is 5.32 Å². The lowest BCUT2D eigenvalue weighted by Gasteiger charge is -2.35. The average Bonchev–Trinajstić information content (AvgIpc) is 2.43.